The SMILES string of the molecule is C=CCNCc1cccc(OCC)c1OCc1ccc(Cl)cc1.Cl. The lowest BCUT2D eigenvalue weighted by atomic mass is 10.1. The van der Waals surface area contributed by atoms with Crippen molar-refractivity contribution in [2.75, 3.05) is 13.2 Å². The molecule has 2 aromatic rings. The Balaban J connectivity index is 0.00000288. The number of rotatable bonds is 9. The van der Waals surface area contributed by atoms with E-state index in [-0.39, 0.29) is 12.4 Å². The minimum Gasteiger partial charge on any atom is -0.490 e. The number of ether oxygens (including phenoxy) is 2. The fourth-order valence-corrected chi connectivity index (χ4v) is 2.30. The minimum absolute atomic E-state index is 0. The summed E-state index contributed by atoms with van der Waals surface area (Å²) in [5.41, 5.74) is 2.12. The average molecular weight is 368 g/mol. The van der Waals surface area contributed by atoms with Crippen LogP contribution in [0.3, 0.4) is 0 Å². The van der Waals surface area contributed by atoms with E-state index in [0.29, 0.717) is 19.8 Å². The third-order valence-electron chi connectivity index (χ3n) is 3.26. The van der Waals surface area contributed by atoms with Gasteiger partial charge in [-0.25, -0.2) is 0 Å². The maximum Gasteiger partial charge on any atom is 0.166 e. The Morgan fingerprint density at radius 1 is 1.12 bits per heavy atom. The fourth-order valence-electron chi connectivity index (χ4n) is 2.18. The van der Waals surface area contributed by atoms with E-state index in [9.17, 15) is 0 Å². The molecule has 0 spiro atoms. The van der Waals surface area contributed by atoms with Crippen LogP contribution in [-0.2, 0) is 13.2 Å². The first-order valence-electron chi connectivity index (χ1n) is 7.68. The van der Waals surface area contributed by atoms with Gasteiger partial charge in [0.15, 0.2) is 11.5 Å². The van der Waals surface area contributed by atoms with E-state index in [0.717, 1.165) is 34.2 Å². The van der Waals surface area contributed by atoms with Crippen LogP contribution in [0.25, 0.3) is 0 Å². The van der Waals surface area contributed by atoms with Crippen LogP contribution < -0.4 is 14.8 Å². The van der Waals surface area contributed by atoms with E-state index in [1.54, 1.807) is 0 Å². The molecule has 0 aliphatic carbocycles. The molecule has 0 amide bonds. The zero-order chi connectivity index (χ0) is 16.5. The number of hydrogen-bond donors (Lipinski definition) is 1. The van der Waals surface area contributed by atoms with Crippen LogP contribution in [0.15, 0.2) is 55.1 Å². The van der Waals surface area contributed by atoms with Gasteiger partial charge in [0.05, 0.1) is 6.61 Å². The predicted octanol–water partition coefficient (Wildman–Crippen LogP) is 5.02. The van der Waals surface area contributed by atoms with Crippen molar-refractivity contribution in [1.29, 1.82) is 0 Å². The smallest absolute Gasteiger partial charge is 0.166 e. The fraction of sp³-hybridized carbons (Fsp3) is 0.263. The molecule has 0 radical (unpaired) electrons. The van der Waals surface area contributed by atoms with Gasteiger partial charge in [-0.1, -0.05) is 41.9 Å². The molecule has 2 rings (SSSR count). The Labute approximate surface area is 155 Å². The quantitative estimate of drug-likeness (QED) is 0.498. The number of nitrogens with one attached hydrogen (secondary N) is 1. The Kier molecular flexibility index (Phi) is 9.31. The summed E-state index contributed by atoms with van der Waals surface area (Å²) in [4.78, 5) is 0. The number of hydrogen-bond acceptors (Lipinski definition) is 3. The summed E-state index contributed by atoms with van der Waals surface area (Å²) in [5, 5.41) is 4.02. The molecule has 0 saturated heterocycles. The predicted molar refractivity (Wildman–Crippen MR) is 103 cm³/mol. The largest absolute Gasteiger partial charge is 0.490 e. The second kappa shape index (κ2) is 11.0. The van der Waals surface area contributed by atoms with Crippen molar-refractivity contribution in [3.8, 4) is 11.5 Å². The second-order valence-corrected chi connectivity index (χ2v) is 5.45. The van der Waals surface area contributed by atoms with Crippen LogP contribution in [0.1, 0.15) is 18.1 Å². The summed E-state index contributed by atoms with van der Waals surface area (Å²) in [6.07, 6.45) is 1.83. The van der Waals surface area contributed by atoms with Crippen LogP contribution in [-0.4, -0.2) is 13.2 Å². The highest BCUT2D eigenvalue weighted by atomic mass is 35.5. The van der Waals surface area contributed by atoms with Gasteiger partial charge in [0.25, 0.3) is 0 Å². The van der Waals surface area contributed by atoms with Crippen LogP contribution in [0.5, 0.6) is 11.5 Å². The van der Waals surface area contributed by atoms with Crippen LogP contribution >= 0.6 is 24.0 Å². The Morgan fingerprint density at radius 2 is 1.88 bits per heavy atom. The van der Waals surface area contributed by atoms with Gasteiger partial charge >= 0.3 is 0 Å². The zero-order valence-electron chi connectivity index (χ0n) is 13.8. The summed E-state index contributed by atoms with van der Waals surface area (Å²) in [5.74, 6) is 1.54. The van der Waals surface area contributed by atoms with Crippen molar-refractivity contribution >= 4 is 24.0 Å². The van der Waals surface area contributed by atoms with Gasteiger partial charge in [-0.2, -0.15) is 0 Å². The first kappa shape index (κ1) is 20.4. The molecule has 2 aromatic carbocycles. The third-order valence-corrected chi connectivity index (χ3v) is 3.51. The van der Waals surface area contributed by atoms with E-state index >= 15 is 0 Å². The molecule has 0 unspecified atom stereocenters. The molecule has 5 heteroatoms. The van der Waals surface area contributed by atoms with Gasteiger partial charge in [-0.05, 0) is 30.7 Å². The standard InChI is InChI=1S/C19H22ClNO2.ClH/c1-3-12-21-13-16-6-5-7-18(22-4-2)19(16)23-14-15-8-10-17(20)11-9-15;/h3,5-11,21H,1,4,12-14H2,2H3;1H. The highest BCUT2D eigenvalue weighted by molar-refractivity contribution is 6.30. The lowest BCUT2D eigenvalue weighted by Crippen LogP contribution is -2.14. The highest BCUT2D eigenvalue weighted by Crippen LogP contribution is 2.32. The lowest BCUT2D eigenvalue weighted by molar-refractivity contribution is 0.266. The summed E-state index contributed by atoms with van der Waals surface area (Å²) >= 11 is 5.91. The van der Waals surface area contributed by atoms with Gasteiger partial charge in [0.2, 0.25) is 0 Å². The van der Waals surface area contributed by atoms with Crippen molar-refractivity contribution < 1.29 is 9.47 Å². The van der Waals surface area contributed by atoms with Gasteiger partial charge in [-0.15, -0.1) is 19.0 Å². The maximum atomic E-state index is 6.04. The molecular weight excluding hydrogens is 345 g/mol. The van der Waals surface area contributed by atoms with Crippen molar-refractivity contribution in [3.63, 3.8) is 0 Å². The first-order chi connectivity index (χ1) is 11.2. The molecule has 0 atom stereocenters. The summed E-state index contributed by atoms with van der Waals surface area (Å²) < 4.78 is 11.7. The molecule has 0 aliphatic rings. The van der Waals surface area contributed by atoms with Crippen LogP contribution in [0.4, 0.5) is 0 Å². The Bertz CT molecular complexity index is 630. The molecule has 130 valence electrons. The second-order valence-electron chi connectivity index (χ2n) is 5.01. The van der Waals surface area contributed by atoms with E-state index in [4.69, 9.17) is 21.1 Å². The first-order valence-corrected chi connectivity index (χ1v) is 8.06. The van der Waals surface area contributed by atoms with Crippen molar-refractivity contribution in [3.05, 3.63) is 71.3 Å². The van der Waals surface area contributed by atoms with Crippen LogP contribution in [0.2, 0.25) is 5.02 Å². The van der Waals surface area contributed by atoms with Gasteiger partial charge in [0, 0.05) is 23.7 Å². The summed E-state index contributed by atoms with van der Waals surface area (Å²) in [7, 11) is 0. The Hall–Kier alpha value is -1.68. The summed E-state index contributed by atoms with van der Waals surface area (Å²) in [6.45, 7) is 8.19. The molecule has 0 heterocycles. The molecule has 3 nitrogen and oxygen atoms in total. The molecule has 1 N–H and O–H groups in total. The van der Waals surface area contributed by atoms with Crippen molar-refractivity contribution in [1.82, 2.24) is 5.32 Å². The minimum atomic E-state index is 0. The molecular formula is C19H23Cl2NO2. The molecule has 0 aromatic heterocycles. The van der Waals surface area contributed by atoms with E-state index in [1.807, 2.05) is 55.5 Å². The summed E-state index contributed by atoms with van der Waals surface area (Å²) in [6, 6.07) is 13.6. The van der Waals surface area contributed by atoms with Crippen molar-refractivity contribution in [2.24, 2.45) is 0 Å². The molecule has 0 bridgehead atoms. The molecule has 0 aliphatic heterocycles. The van der Waals surface area contributed by atoms with E-state index in [1.165, 1.54) is 0 Å². The monoisotopic (exact) mass is 367 g/mol. The average Bonchev–Trinajstić information content (AvgIpc) is 2.56. The number of halogens is 2. The molecule has 0 saturated carbocycles. The number of para-hydroxylation sites is 1. The molecule has 0 fully saturated rings. The van der Waals surface area contributed by atoms with E-state index < -0.39 is 0 Å². The topological polar surface area (TPSA) is 30.5 Å². The van der Waals surface area contributed by atoms with Gasteiger partial charge < -0.3 is 14.8 Å². The van der Waals surface area contributed by atoms with E-state index in [2.05, 4.69) is 11.9 Å². The molecule has 24 heavy (non-hydrogen) atoms. The highest BCUT2D eigenvalue weighted by Gasteiger charge is 2.11. The number of benzene rings is 2. The Morgan fingerprint density at radius 3 is 2.54 bits per heavy atom. The van der Waals surface area contributed by atoms with Gasteiger partial charge in [-0.3, -0.25) is 0 Å². The van der Waals surface area contributed by atoms with Crippen LogP contribution in [0, 0.1) is 0 Å². The van der Waals surface area contributed by atoms with Gasteiger partial charge in [0.1, 0.15) is 6.61 Å². The normalized spacial score (nSPS) is 9.92. The van der Waals surface area contributed by atoms with Crippen molar-refractivity contribution in [2.45, 2.75) is 20.1 Å². The zero-order valence-corrected chi connectivity index (χ0v) is 15.3. The maximum absolute atomic E-state index is 6.04. The lowest BCUT2D eigenvalue weighted by Gasteiger charge is -2.16. The third kappa shape index (κ3) is 6.08.